The number of nitrogens with zero attached hydrogens (tertiary/aromatic N) is 1. The lowest BCUT2D eigenvalue weighted by Crippen LogP contribution is -2.61. The highest BCUT2D eigenvalue weighted by atomic mass is 16.6. The van der Waals surface area contributed by atoms with E-state index in [9.17, 15) is 34.2 Å². The monoisotopic (exact) mass is 1030 g/mol. The summed E-state index contributed by atoms with van der Waals surface area (Å²) < 4.78 is 42.9. The van der Waals surface area contributed by atoms with E-state index in [-0.39, 0.29) is 78.7 Å². The van der Waals surface area contributed by atoms with E-state index >= 15 is 0 Å². The van der Waals surface area contributed by atoms with Crippen molar-refractivity contribution in [3.8, 4) is 0 Å². The number of amides is 1. The third-order valence-corrected chi connectivity index (χ3v) is 16.5. The maximum Gasteiger partial charge on any atom is 0.329 e. The van der Waals surface area contributed by atoms with Crippen molar-refractivity contribution in [2.45, 2.75) is 225 Å². The van der Waals surface area contributed by atoms with Crippen molar-refractivity contribution in [1.82, 2.24) is 4.90 Å². The van der Waals surface area contributed by atoms with Gasteiger partial charge in [-0.25, -0.2) is 4.79 Å². The third kappa shape index (κ3) is 15.8. The molecular formula is C58H91NO14. The second-order valence-electron chi connectivity index (χ2n) is 23.0. The second-order valence-corrected chi connectivity index (χ2v) is 23.0. The van der Waals surface area contributed by atoms with Crippen molar-refractivity contribution >= 4 is 29.2 Å². The molecular weight excluding hydrogens is 935 g/mol. The first-order valence-corrected chi connectivity index (χ1v) is 27.3. The van der Waals surface area contributed by atoms with E-state index in [4.69, 9.17) is 33.2 Å². The molecule has 0 radical (unpaired) electrons. The van der Waals surface area contributed by atoms with E-state index in [0.29, 0.717) is 56.9 Å². The highest BCUT2D eigenvalue weighted by Crippen LogP contribution is 2.40. The minimum Gasteiger partial charge on any atom is -0.460 e. The first-order chi connectivity index (χ1) is 34.4. The Bertz CT molecular complexity index is 2010. The van der Waals surface area contributed by atoms with Crippen molar-refractivity contribution in [3.05, 3.63) is 47.6 Å². The van der Waals surface area contributed by atoms with Gasteiger partial charge in [-0.1, -0.05) is 71.1 Å². The van der Waals surface area contributed by atoms with Gasteiger partial charge in [0.15, 0.2) is 11.6 Å². The van der Waals surface area contributed by atoms with Crippen molar-refractivity contribution in [3.63, 3.8) is 0 Å². The number of aliphatic hydroxyl groups is 2. The highest BCUT2D eigenvalue weighted by molar-refractivity contribution is 6.39. The van der Waals surface area contributed by atoms with Crippen LogP contribution in [-0.4, -0.2) is 145 Å². The fourth-order valence-corrected chi connectivity index (χ4v) is 11.9. The minimum absolute atomic E-state index is 0.0203. The molecule has 0 aromatic carbocycles. The molecule has 7 unspecified atom stereocenters. The van der Waals surface area contributed by atoms with Crippen LogP contribution in [0.4, 0.5) is 0 Å². The molecule has 0 aromatic heterocycles. The van der Waals surface area contributed by atoms with Gasteiger partial charge >= 0.3 is 5.97 Å². The molecule has 1 aliphatic carbocycles. The van der Waals surface area contributed by atoms with Gasteiger partial charge in [0.25, 0.3) is 11.7 Å². The lowest BCUT2D eigenvalue weighted by atomic mass is 9.78. The highest BCUT2D eigenvalue weighted by Gasteiger charge is 2.53. The van der Waals surface area contributed by atoms with Crippen molar-refractivity contribution < 1.29 is 67.3 Å². The Balaban J connectivity index is 1.44. The maximum absolute atomic E-state index is 14.6. The predicted molar refractivity (Wildman–Crippen MR) is 277 cm³/mol. The summed E-state index contributed by atoms with van der Waals surface area (Å²) in [4.78, 5) is 72.7. The Hall–Kier alpha value is -3.41. The van der Waals surface area contributed by atoms with E-state index in [0.717, 1.165) is 24.8 Å². The summed E-state index contributed by atoms with van der Waals surface area (Å²) in [6.45, 7) is 19.1. The zero-order valence-electron chi connectivity index (χ0n) is 46.3. The molecule has 0 aromatic rings. The molecule has 2 bridgehead atoms. The normalized spacial score (nSPS) is 39.6. The average molecular weight is 1030 g/mol. The summed E-state index contributed by atoms with van der Waals surface area (Å²) >= 11 is 0. The number of rotatable bonds is 8. The number of carbonyl (C=O) groups excluding carboxylic acids is 5. The Morgan fingerprint density at radius 1 is 0.822 bits per heavy atom. The first-order valence-electron chi connectivity index (χ1n) is 27.3. The van der Waals surface area contributed by atoms with Crippen LogP contribution in [-0.2, 0) is 57.1 Å². The van der Waals surface area contributed by atoms with E-state index in [2.05, 4.69) is 13.8 Å². The molecule has 1 saturated carbocycles. The Morgan fingerprint density at radius 3 is 2.21 bits per heavy atom. The van der Waals surface area contributed by atoms with Crippen molar-refractivity contribution in [2.24, 2.45) is 35.5 Å². The fourth-order valence-electron chi connectivity index (χ4n) is 11.9. The van der Waals surface area contributed by atoms with Crippen molar-refractivity contribution in [2.75, 3.05) is 27.9 Å². The molecule has 5 aliphatic rings. The molecule has 15 nitrogen and oxygen atoms in total. The van der Waals surface area contributed by atoms with Gasteiger partial charge < -0.3 is 48.3 Å². The van der Waals surface area contributed by atoms with Gasteiger partial charge in [0.05, 0.1) is 48.3 Å². The van der Waals surface area contributed by atoms with Crippen LogP contribution in [0.1, 0.15) is 153 Å². The summed E-state index contributed by atoms with van der Waals surface area (Å²) in [6.07, 6.45) is 13.1. The molecule has 0 spiro atoms. The number of cyclic esters (lactones) is 1. The number of piperidine rings is 1. The Morgan fingerprint density at radius 2 is 1.55 bits per heavy atom. The summed E-state index contributed by atoms with van der Waals surface area (Å²) in [5.74, 6) is -7.84. The lowest BCUT2D eigenvalue weighted by molar-refractivity contribution is -0.265. The Kier molecular flexibility index (Phi) is 22.4. The van der Waals surface area contributed by atoms with Crippen LogP contribution >= 0.6 is 0 Å². The molecule has 17 atom stereocenters. The number of Topliss-reactive ketones (excluding diaryl/α,β-unsaturated/α-hetero) is 3. The molecule has 5 rings (SSSR count). The lowest BCUT2D eigenvalue weighted by Gasteiger charge is -2.42. The molecule has 4 heterocycles. The van der Waals surface area contributed by atoms with Crippen molar-refractivity contribution in [1.29, 1.82) is 0 Å². The van der Waals surface area contributed by atoms with Crippen LogP contribution < -0.4 is 0 Å². The molecule has 4 aliphatic heterocycles. The van der Waals surface area contributed by atoms with Gasteiger partial charge in [0.1, 0.15) is 18.2 Å². The summed E-state index contributed by atoms with van der Waals surface area (Å²) in [5.41, 5.74) is 0.939. The number of fused-ring (bicyclic) bond motifs is 3. The van der Waals surface area contributed by atoms with Gasteiger partial charge in [0, 0.05) is 64.9 Å². The van der Waals surface area contributed by atoms with Crippen LogP contribution in [0.5, 0.6) is 0 Å². The summed E-state index contributed by atoms with van der Waals surface area (Å²) in [6, 6.07) is -1.14. The van der Waals surface area contributed by atoms with Gasteiger partial charge in [-0.15, -0.1) is 0 Å². The molecule has 73 heavy (non-hydrogen) atoms. The van der Waals surface area contributed by atoms with Gasteiger partial charge in [-0.2, -0.15) is 0 Å². The zero-order chi connectivity index (χ0) is 53.9. The quantitative estimate of drug-likeness (QED) is 0.175. The topological polar surface area (TPSA) is 194 Å². The third-order valence-electron chi connectivity index (χ3n) is 16.5. The predicted octanol–water partition coefficient (Wildman–Crippen LogP) is 8.16. The van der Waals surface area contributed by atoms with Crippen LogP contribution in [0.3, 0.4) is 0 Å². The molecule has 412 valence electrons. The van der Waals surface area contributed by atoms with Crippen LogP contribution in [0.25, 0.3) is 0 Å². The number of allylic oxidation sites excluding steroid dienone is 6. The maximum atomic E-state index is 14.6. The Labute approximate surface area is 436 Å². The number of ketones is 3. The van der Waals surface area contributed by atoms with Gasteiger partial charge in [0.2, 0.25) is 5.79 Å². The standard InChI is InChI=1S/C58H91NO14/c1-34-19-15-14-16-20-35(2)47(67-11)31-43-24-22-40(7)58(66,73-43)54(63)55(64)59-26-18-17-21-44(59)56(65)71-48(32-45(60)36(3)28-39(6)52(62)53(69-13)51(61)38(5)27-34)37(4)29-42-23-25-46(49(30-42)68-12)70-50-33-57(9,10)72-41(50)8/h14-16,19-20,28,34,37-44,46-50,52-53,62,66H,17-18,21-27,29-33H2,1-13H3/b16-14?,19-15?,35-20?,36-28+/t34-,37+,38-,39?,40-,41?,42?,43+,44+,46?,47+,48+,49?,50?,52?,53+,58-/m1/s1. The first kappa shape index (κ1) is 60.5. The molecule has 4 fully saturated rings. The number of hydrogen-bond donors (Lipinski definition) is 2. The minimum atomic E-state index is -2.43. The fraction of sp³-hybridized carbons (Fsp3) is 0.776. The molecule has 1 amide bonds. The van der Waals surface area contributed by atoms with Crippen LogP contribution in [0, 0.1) is 35.5 Å². The molecule has 15 heteroatoms. The second kappa shape index (κ2) is 27.1. The summed E-state index contributed by atoms with van der Waals surface area (Å²) in [7, 11) is 4.68. The smallest absolute Gasteiger partial charge is 0.329 e. The van der Waals surface area contributed by atoms with Gasteiger partial charge in [-0.3, -0.25) is 19.2 Å². The molecule has 2 N–H and O–H groups in total. The number of methoxy groups -OCH3 is 3. The van der Waals surface area contributed by atoms with E-state index in [1.807, 2.05) is 65.0 Å². The van der Waals surface area contributed by atoms with E-state index < -0.39 is 77.8 Å². The molecule has 3 saturated heterocycles. The van der Waals surface area contributed by atoms with Crippen LogP contribution in [0.2, 0.25) is 0 Å². The van der Waals surface area contributed by atoms with E-state index in [1.165, 1.54) is 12.0 Å². The zero-order valence-corrected chi connectivity index (χ0v) is 46.3. The van der Waals surface area contributed by atoms with E-state index in [1.54, 1.807) is 41.1 Å². The summed E-state index contributed by atoms with van der Waals surface area (Å²) in [5, 5.41) is 23.6. The number of hydrogen-bond acceptors (Lipinski definition) is 14. The largest absolute Gasteiger partial charge is 0.460 e. The number of carbonyl (C=O) groups is 5. The number of aliphatic hydroxyl groups excluding tert-OH is 1. The average Bonchev–Trinajstić information content (AvgIpc) is 3.62. The number of esters is 1. The number of ether oxygens (including phenoxy) is 7. The SMILES string of the molecule is COC1CC(C[C@H](C)[C@@H]2CC(=O)/C(C)=C/C(C)C(O)[C@@H](OC)C(=O)[C@H](C)C[C@H](C)C=CC=CC=C(C)[C@@H](OC)C[C@@H]3CC[C@@H](C)[C@@](O)(O3)C(=O)C(=O)N3CCCC[C@H]3C(=O)O2)CCC1OC1CC(C)(C)OC1C. The van der Waals surface area contributed by atoms with Crippen LogP contribution in [0.15, 0.2) is 47.6 Å². The van der Waals surface area contributed by atoms with Gasteiger partial charge in [-0.05, 0) is 128 Å².